The zero-order valence-corrected chi connectivity index (χ0v) is 16.2. The molecule has 0 aliphatic rings. The Balaban J connectivity index is 1.87. The van der Waals surface area contributed by atoms with E-state index in [2.05, 4.69) is 20.3 Å². The van der Waals surface area contributed by atoms with Gasteiger partial charge in [-0.05, 0) is 40.3 Å². The van der Waals surface area contributed by atoms with Crippen LogP contribution in [0.15, 0.2) is 59.8 Å². The summed E-state index contributed by atoms with van der Waals surface area (Å²) in [5.41, 5.74) is 1.20. The van der Waals surface area contributed by atoms with Crippen molar-refractivity contribution in [3.63, 3.8) is 0 Å². The fraction of sp³-hybridized carbons (Fsp3) is 0.222. The maximum atomic E-state index is 12.7. The molecule has 7 nitrogen and oxygen atoms in total. The first-order chi connectivity index (χ1) is 13.7. The molecule has 0 saturated carbocycles. The normalized spacial score (nSPS) is 12.4. The van der Waals surface area contributed by atoms with Crippen LogP contribution in [-0.4, -0.2) is 51.5 Å². The molecule has 3 rings (SSSR count). The fourth-order valence-corrected chi connectivity index (χ4v) is 3.57. The highest BCUT2D eigenvalue weighted by Crippen LogP contribution is 2.36. The first-order valence-electron chi connectivity index (χ1n) is 8.32. The molecular formula is C18H16F3N5O2S. The number of halogens is 3. The number of aromatic nitrogens is 4. The van der Waals surface area contributed by atoms with Gasteiger partial charge in [0, 0.05) is 14.1 Å². The maximum absolute atomic E-state index is 12.7. The minimum atomic E-state index is -4.77. The van der Waals surface area contributed by atoms with Crippen molar-refractivity contribution < 1.29 is 22.7 Å². The molecule has 29 heavy (non-hydrogen) atoms. The van der Waals surface area contributed by atoms with Gasteiger partial charge in [-0.25, -0.2) is 0 Å². The highest BCUT2D eigenvalue weighted by Gasteiger charge is 2.31. The monoisotopic (exact) mass is 423 g/mol. The Morgan fingerprint density at radius 3 is 2.34 bits per heavy atom. The summed E-state index contributed by atoms with van der Waals surface area (Å²) < 4.78 is 42.2. The van der Waals surface area contributed by atoms with E-state index in [9.17, 15) is 18.0 Å². The number of hydrogen-bond donors (Lipinski definition) is 0. The number of ether oxygens (including phenoxy) is 1. The van der Waals surface area contributed by atoms with E-state index in [-0.39, 0.29) is 11.7 Å². The topological polar surface area (TPSA) is 73.1 Å². The molecule has 2 aromatic carbocycles. The number of rotatable bonds is 6. The quantitative estimate of drug-likeness (QED) is 0.566. The SMILES string of the molecule is CN(C)C(=O)[C@H](Sc1nnnn1-c1ccc(OC(F)(F)F)cc1)c1ccccc1. The van der Waals surface area contributed by atoms with Crippen LogP contribution in [0.2, 0.25) is 0 Å². The Morgan fingerprint density at radius 2 is 1.76 bits per heavy atom. The van der Waals surface area contributed by atoms with E-state index in [0.29, 0.717) is 10.8 Å². The number of likely N-dealkylation sites (N-methyl/N-ethyl adjacent to an activating group) is 1. The maximum Gasteiger partial charge on any atom is 0.573 e. The van der Waals surface area contributed by atoms with Gasteiger partial charge in [0.1, 0.15) is 11.0 Å². The molecule has 1 heterocycles. The van der Waals surface area contributed by atoms with Crippen molar-refractivity contribution >= 4 is 17.7 Å². The molecule has 0 spiro atoms. The Morgan fingerprint density at radius 1 is 1.10 bits per heavy atom. The molecule has 152 valence electrons. The average molecular weight is 423 g/mol. The summed E-state index contributed by atoms with van der Waals surface area (Å²) in [6, 6.07) is 14.3. The molecule has 0 fully saturated rings. The van der Waals surface area contributed by atoms with Crippen LogP contribution in [0.1, 0.15) is 10.8 Å². The van der Waals surface area contributed by atoms with Gasteiger partial charge in [-0.15, -0.1) is 18.3 Å². The van der Waals surface area contributed by atoms with Crippen LogP contribution in [-0.2, 0) is 4.79 Å². The number of nitrogens with zero attached hydrogens (tertiary/aromatic N) is 5. The molecule has 3 aromatic rings. The summed E-state index contributed by atoms with van der Waals surface area (Å²) in [7, 11) is 3.31. The number of tetrazole rings is 1. The molecule has 0 bridgehead atoms. The molecule has 0 aliphatic heterocycles. The summed E-state index contributed by atoms with van der Waals surface area (Å²) in [6.45, 7) is 0. The van der Waals surface area contributed by atoms with Gasteiger partial charge in [0.25, 0.3) is 0 Å². The zero-order valence-electron chi connectivity index (χ0n) is 15.4. The van der Waals surface area contributed by atoms with Crippen LogP contribution in [0.4, 0.5) is 13.2 Å². The number of benzene rings is 2. The molecule has 0 saturated heterocycles. The summed E-state index contributed by atoms with van der Waals surface area (Å²) in [4.78, 5) is 14.2. The van der Waals surface area contributed by atoms with Crippen molar-refractivity contribution in [1.82, 2.24) is 25.1 Å². The minimum Gasteiger partial charge on any atom is -0.406 e. The molecule has 0 N–H and O–H groups in total. The smallest absolute Gasteiger partial charge is 0.406 e. The van der Waals surface area contributed by atoms with Gasteiger partial charge in [-0.3, -0.25) is 4.79 Å². The summed E-state index contributed by atoms with van der Waals surface area (Å²) >= 11 is 1.14. The van der Waals surface area contributed by atoms with Crippen LogP contribution in [0.3, 0.4) is 0 Å². The van der Waals surface area contributed by atoms with E-state index < -0.39 is 11.6 Å². The number of alkyl halides is 3. The first-order valence-corrected chi connectivity index (χ1v) is 9.20. The average Bonchev–Trinajstić information content (AvgIpc) is 3.14. The Kier molecular flexibility index (Phi) is 6.06. The molecule has 1 atom stereocenters. The fourth-order valence-electron chi connectivity index (χ4n) is 2.43. The largest absolute Gasteiger partial charge is 0.573 e. The van der Waals surface area contributed by atoms with E-state index in [4.69, 9.17) is 0 Å². The lowest BCUT2D eigenvalue weighted by Crippen LogP contribution is -2.27. The van der Waals surface area contributed by atoms with Crippen molar-refractivity contribution in [3.05, 3.63) is 60.2 Å². The second-order valence-corrected chi connectivity index (χ2v) is 7.13. The Hall–Kier alpha value is -3.08. The predicted octanol–water partition coefficient (Wildman–Crippen LogP) is 3.48. The Bertz CT molecular complexity index is 962. The van der Waals surface area contributed by atoms with Crippen molar-refractivity contribution in [2.24, 2.45) is 0 Å². The highest BCUT2D eigenvalue weighted by atomic mass is 32.2. The number of hydrogen-bond acceptors (Lipinski definition) is 6. The lowest BCUT2D eigenvalue weighted by Gasteiger charge is -2.20. The van der Waals surface area contributed by atoms with Crippen LogP contribution < -0.4 is 4.74 Å². The van der Waals surface area contributed by atoms with Crippen LogP contribution in [0.5, 0.6) is 5.75 Å². The predicted molar refractivity (Wildman–Crippen MR) is 99.6 cm³/mol. The number of thioether (sulfide) groups is 1. The highest BCUT2D eigenvalue weighted by molar-refractivity contribution is 8.00. The summed E-state index contributed by atoms with van der Waals surface area (Å²) in [5.74, 6) is -0.502. The summed E-state index contributed by atoms with van der Waals surface area (Å²) in [5, 5.41) is 11.2. The van der Waals surface area contributed by atoms with Crippen LogP contribution in [0.25, 0.3) is 5.69 Å². The molecular weight excluding hydrogens is 407 g/mol. The van der Waals surface area contributed by atoms with Crippen molar-refractivity contribution in [1.29, 1.82) is 0 Å². The third-order valence-electron chi connectivity index (χ3n) is 3.75. The number of amides is 1. The second-order valence-electron chi connectivity index (χ2n) is 6.06. The standard InChI is InChI=1S/C18H16F3N5O2S/c1-25(2)16(27)15(12-6-4-3-5-7-12)29-17-22-23-24-26(17)13-8-10-14(11-9-13)28-18(19,20)21/h3-11,15H,1-2H3/t15-/m1/s1. The van der Waals surface area contributed by atoms with E-state index in [1.165, 1.54) is 33.8 Å². The van der Waals surface area contributed by atoms with Gasteiger partial charge in [0.2, 0.25) is 11.1 Å². The molecule has 11 heteroatoms. The molecule has 1 aromatic heterocycles. The number of carbonyl (C=O) groups excluding carboxylic acids is 1. The lowest BCUT2D eigenvalue weighted by molar-refractivity contribution is -0.274. The summed E-state index contributed by atoms with van der Waals surface area (Å²) in [6.07, 6.45) is -4.77. The van der Waals surface area contributed by atoms with Gasteiger partial charge < -0.3 is 9.64 Å². The lowest BCUT2D eigenvalue weighted by atomic mass is 10.1. The van der Waals surface area contributed by atoms with Gasteiger partial charge >= 0.3 is 6.36 Å². The van der Waals surface area contributed by atoms with Crippen LogP contribution >= 0.6 is 11.8 Å². The van der Waals surface area contributed by atoms with E-state index in [1.807, 2.05) is 30.3 Å². The molecule has 0 unspecified atom stereocenters. The minimum absolute atomic E-state index is 0.148. The van der Waals surface area contributed by atoms with Gasteiger partial charge in [0.15, 0.2) is 0 Å². The third-order valence-corrected chi connectivity index (χ3v) is 4.92. The number of carbonyl (C=O) groups is 1. The molecule has 0 aliphatic carbocycles. The van der Waals surface area contributed by atoms with Crippen molar-refractivity contribution in [2.75, 3.05) is 14.1 Å². The van der Waals surface area contributed by atoms with Gasteiger partial charge in [-0.2, -0.15) is 4.68 Å². The van der Waals surface area contributed by atoms with Crippen molar-refractivity contribution in [2.45, 2.75) is 16.8 Å². The van der Waals surface area contributed by atoms with E-state index >= 15 is 0 Å². The molecule has 0 radical (unpaired) electrons. The Labute approximate surface area is 168 Å². The zero-order chi connectivity index (χ0) is 21.0. The second kappa shape index (κ2) is 8.52. The third kappa shape index (κ3) is 5.25. The first kappa shape index (κ1) is 20.6. The molecule has 1 amide bonds. The van der Waals surface area contributed by atoms with Gasteiger partial charge in [-0.1, -0.05) is 42.1 Å². The van der Waals surface area contributed by atoms with Crippen molar-refractivity contribution in [3.8, 4) is 11.4 Å². The van der Waals surface area contributed by atoms with E-state index in [1.54, 1.807) is 14.1 Å². The van der Waals surface area contributed by atoms with Gasteiger partial charge in [0.05, 0.1) is 5.69 Å². The van der Waals surface area contributed by atoms with Crippen LogP contribution in [0, 0.1) is 0 Å². The van der Waals surface area contributed by atoms with E-state index in [0.717, 1.165) is 17.3 Å².